The Morgan fingerprint density at radius 2 is 1.87 bits per heavy atom. The van der Waals surface area contributed by atoms with Gasteiger partial charge < -0.3 is 11.1 Å². The Labute approximate surface area is 179 Å². The van der Waals surface area contributed by atoms with E-state index in [0.29, 0.717) is 6.07 Å². The lowest BCUT2D eigenvalue weighted by Gasteiger charge is -2.11. The molecule has 14 heteroatoms. The summed E-state index contributed by atoms with van der Waals surface area (Å²) in [6.07, 6.45) is -6.17. The molecule has 2 aromatic rings. The third kappa shape index (κ3) is 6.82. The number of hydrogen-bond donors (Lipinski definition) is 3. The topological polar surface area (TPSA) is 126 Å². The van der Waals surface area contributed by atoms with Crippen LogP contribution < -0.4 is 11.1 Å². The average molecular weight is 480 g/mol. The van der Waals surface area contributed by atoms with Crippen molar-refractivity contribution >= 4 is 50.9 Å². The molecule has 0 spiro atoms. The zero-order valence-electron chi connectivity index (χ0n) is 15.3. The largest absolute Gasteiger partial charge is 0.422 e. The van der Waals surface area contributed by atoms with Gasteiger partial charge in [0.15, 0.2) is 10.9 Å². The van der Waals surface area contributed by atoms with Gasteiger partial charge in [-0.15, -0.1) is 23.1 Å². The van der Waals surface area contributed by atoms with Crippen LogP contribution >= 0.6 is 23.1 Å². The SMILES string of the molecule is N=C(CC(N)=O)SCC(=O)CC(=O)Nc1nc(-c2ccc(F)c(C(F)(F)F)c2F)cs1. The first-order valence-electron chi connectivity index (χ1n) is 8.19. The lowest BCUT2D eigenvalue weighted by Crippen LogP contribution is -2.19. The number of carbonyl (C=O) groups excluding carboxylic acids is 3. The molecule has 2 amide bonds. The molecule has 0 unspecified atom stereocenters. The number of nitrogens with two attached hydrogens (primary N) is 1. The maximum Gasteiger partial charge on any atom is 0.422 e. The third-order valence-corrected chi connectivity index (χ3v) is 5.22. The molecule has 0 aliphatic rings. The molecule has 0 atom stereocenters. The van der Waals surface area contributed by atoms with Gasteiger partial charge in [-0.3, -0.25) is 19.8 Å². The van der Waals surface area contributed by atoms with Crippen LogP contribution in [0.25, 0.3) is 11.3 Å². The van der Waals surface area contributed by atoms with Crippen molar-refractivity contribution in [2.45, 2.75) is 19.0 Å². The fourth-order valence-electron chi connectivity index (χ4n) is 2.24. The van der Waals surface area contributed by atoms with Crippen LogP contribution in [-0.4, -0.2) is 33.4 Å². The summed E-state index contributed by atoms with van der Waals surface area (Å²) < 4.78 is 66.2. The van der Waals surface area contributed by atoms with E-state index < -0.39 is 53.0 Å². The number of thiazole rings is 1. The second-order valence-electron chi connectivity index (χ2n) is 5.94. The van der Waals surface area contributed by atoms with E-state index in [2.05, 4.69) is 10.3 Å². The molecule has 1 heterocycles. The predicted molar refractivity (Wildman–Crippen MR) is 105 cm³/mol. The zero-order chi connectivity index (χ0) is 23.3. The van der Waals surface area contributed by atoms with Crippen molar-refractivity contribution in [2.75, 3.05) is 11.1 Å². The van der Waals surface area contributed by atoms with Crippen LogP contribution in [0.3, 0.4) is 0 Å². The summed E-state index contributed by atoms with van der Waals surface area (Å²) in [6.45, 7) is 0. The molecular formula is C17H13F5N4O3S2. The van der Waals surface area contributed by atoms with Gasteiger partial charge in [0.25, 0.3) is 0 Å². The van der Waals surface area contributed by atoms with Crippen LogP contribution in [0.4, 0.5) is 27.1 Å². The minimum atomic E-state index is -5.25. The Morgan fingerprint density at radius 1 is 1.19 bits per heavy atom. The summed E-state index contributed by atoms with van der Waals surface area (Å²) in [4.78, 5) is 38.1. The van der Waals surface area contributed by atoms with Gasteiger partial charge in [0.2, 0.25) is 11.8 Å². The Morgan fingerprint density at radius 3 is 2.48 bits per heavy atom. The first kappa shape index (κ1) is 24.4. The first-order chi connectivity index (χ1) is 14.4. The van der Waals surface area contributed by atoms with Crippen molar-refractivity contribution in [3.05, 3.63) is 34.7 Å². The average Bonchev–Trinajstić information content (AvgIpc) is 3.06. The van der Waals surface area contributed by atoms with Gasteiger partial charge in [0.1, 0.15) is 17.2 Å². The van der Waals surface area contributed by atoms with Crippen LogP contribution in [-0.2, 0) is 20.6 Å². The number of nitrogens with zero attached hydrogens (tertiary/aromatic N) is 1. The van der Waals surface area contributed by atoms with E-state index in [1.807, 2.05) is 0 Å². The molecule has 2 rings (SSSR count). The quantitative estimate of drug-likeness (QED) is 0.230. The number of halogens is 5. The fraction of sp³-hybridized carbons (Fsp3) is 0.235. The van der Waals surface area contributed by atoms with Crippen LogP contribution in [0.15, 0.2) is 17.5 Å². The van der Waals surface area contributed by atoms with Crippen molar-refractivity contribution in [2.24, 2.45) is 5.73 Å². The maximum atomic E-state index is 14.2. The Bertz CT molecular complexity index is 1040. The second-order valence-corrected chi connectivity index (χ2v) is 7.87. The van der Waals surface area contributed by atoms with Gasteiger partial charge in [0, 0.05) is 10.9 Å². The second kappa shape index (κ2) is 9.96. The van der Waals surface area contributed by atoms with Crippen LogP contribution in [0.1, 0.15) is 18.4 Å². The van der Waals surface area contributed by atoms with E-state index in [1.165, 1.54) is 0 Å². The highest BCUT2D eigenvalue weighted by Crippen LogP contribution is 2.38. The number of aromatic nitrogens is 1. The van der Waals surface area contributed by atoms with Crippen molar-refractivity contribution in [3.63, 3.8) is 0 Å². The molecule has 0 fully saturated rings. The molecule has 0 saturated carbocycles. The van der Waals surface area contributed by atoms with E-state index >= 15 is 0 Å². The van der Waals surface area contributed by atoms with Gasteiger partial charge in [-0.05, 0) is 12.1 Å². The highest BCUT2D eigenvalue weighted by molar-refractivity contribution is 8.14. The van der Waals surface area contributed by atoms with Gasteiger partial charge in [-0.1, -0.05) is 0 Å². The van der Waals surface area contributed by atoms with Crippen molar-refractivity contribution < 1.29 is 36.3 Å². The van der Waals surface area contributed by atoms with Crippen molar-refractivity contribution in [3.8, 4) is 11.3 Å². The predicted octanol–water partition coefficient (Wildman–Crippen LogP) is 3.59. The smallest absolute Gasteiger partial charge is 0.369 e. The van der Waals surface area contributed by atoms with Crippen LogP contribution in [0.5, 0.6) is 0 Å². The molecule has 0 aliphatic carbocycles. The fourth-order valence-corrected chi connectivity index (χ4v) is 3.64. The normalized spacial score (nSPS) is 11.3. The number of ketones is 1. The molecule has 7 nitrogen and oxygen atoms in total. The minimum Gasteiger partial charge on any atom is -0.369 e. The summed E-state index contributed by atoms with van der Waals surface area (Å²) in [6, 6.07) is 1.26. The summed E-state index contributed by atoms with van der Waals surface area (Å²) >= 11 is 1.51. The molecular weight excluding hydrogens is 467 g/mol. The molecule has 0 aliphatic heterocycles. The molecule has 166 valence electrons. The Hall–Kier alpha value is -2.87. The number of thioether (sulfide) groups is 1. The van der Waals surface area contributed by atoms with E-state index in [9.17, 15) is 36.3 Å². The van der Waals surface area contributed by atoms with E-state index in [0.717, 1.165) is 34.5 Å². The van der Waals surface area contributed by atoms with E-state index in [-0.39, 0.29) is 28.0 Å². The summed E-state index contributed by atoms with van der Waals surface area (Å²) in [5.41, 5.74) is 2.00. The Kier molecular flexibility index (Phi) is 7.84. The lowest BCUT2D eigenvalue weighted by atomic mass is 10.1. The number of primary amides is 1. The number of anilines is 1. The Balaban J connectivity index is 2.02. The number of nitrogens with one attached hydrogen (secondary N) is 2. The molecule has 0 bridgehead atoms. The minimum absolute atomic E-state index is 0.112. The number of alkyl halides is 3. The monoisotopic (exact) mass is 480 g/mol. The van der Waals surface area contributed by atoms with Gasteiger partial charge in [-0.2, -0.15) is 13.2 Å². The molecule has 1 aromatic carbocycles. The lowest BCUT2D eigenvalue weighted by molar-refractivity contribution is -0.142. The molecule has 31 heavy (non-hydrogen) atoms. The number of benzene rings is 1. The highest BCUT2D eigenvalue weighted by Gasteiger charge is 2.39. The van der Waals surface area contributed by atoms with E-state index in [4.69, 9.17) is 11.1 Å². The third-order valence-electron chi connectivity index (χ3n) is 3.50. The number of carbonyl (C=O) groups is 3. The number of amides is 2. The van der Waals surface area contributed by atoms with E-state index in [1.54, 1.807) is 0 Å². The molecule has 4 N–H and O–H groups in total. The van der Waals surface area contributed by atoms with Gasteiger partial charge >= 0.3 is 6.18 Å². The van der Waals surface area contributed by atoms with Gasteiger partial charge in [0.05, 0.1) is 29.3 Å². The zero-order valence-corrected chi connectivity index (χ0v) is 16.9. The standard InChI is InChI=1S/C17H13F5N4O3S2/c18-9-2-1-8(15(19)14(9)17(20,21)22)10-6-31-16(25-10)26-13(29)3-7(27)5-30-12(24)4-11(23)28/h1-2,6,24H,3-5H2,(H2,23,28)(H,25,26,29). The number of Topliss-reactive ketones (excluding diaryl/α,β-unsaturated/α-hetero) is 1. The first-order valence-corrected chi connectivity index (χ1v) is 10.1. The number of hydrogen-bond acceptors (Lipinski definition) is 7. The number of rotatable bonds is 8. The molecule has 0 radical (unpaired) electrons. The van der Waals surface area contributed by atoms with Crippen LogP contribution in [0, 0.1) is 17.0 Å². The summed E-state index contributed by atoms with van der Waals surface area (Å²) in [5, 5.41) is 10.6. The molecule has 0 saturated heterocycles. The van der Waals surface area contributed by atoms with Crippen molar-refractivity contribution in [1.82, 2.24) is 4.98 Å². The molecule has 1 aromatic heterocycles. The summed E-state index contributed by atoms with van der Waals surface area (Å²) in [5.74, 6) is -5.93. The maximum absolute atomic E-state index is 14.2. The van der Waals surface area contributed by atoms with Gasteiger partial charge in [-0.25, -0.2) is 13.8 Å². The summed E-state index contributed by atoms with van der Waals surface area (Å²) in [7, 11) is 0. The van der Waals surface area contributed by atoms with Crippen molar-refractivity contribution in [1.29, 1.82) is 5.41 Å². The van der Waals surface area contributed by atoms with Crippen LogP contribution in [0.2, 0.25) is 0 Å². The highest BCUT2D eigenvalue weighted by atomic mass is 32.2.